The zero-order valence-electron chi connectivity index (χ0n) is 13.9. The van der Waals surface area contributed by atoms with Crippen molar-refractivity contribution in [2.24, 2.45) is 0 Å². The molecule has 0 unspecified atom stereocenters. The van der Waals surface area contributed by atoms with Gasteiger partial charge in [-0.15, -0.1) is 0 Å². The topological polar surface area (TPSA) is 93.4 Å². The molecule has 0 bridgehead atoms. The molecule has 5 nitrogen and oxygen atoms in total. The van der Waals surface area contributed by atoms with Crippen LogP contribution in [0.2, 0.25) is 0 Å². The van der Waals surface area contributed by atoms with Gasteiger partial charge < -0.3 is 15.5 Å². The molecule has 5 heteroatoms. The minimum Gasteiger partial charge on any atom is -0.508 e. The van der Waals surface area contributed by atoms with E-state index in [9.17, 15) is 20.3 Å². The summed E-state index contributed by atoms with van der Waals surface area (Å²) in [5.41, 5.74) is 1.25. The average Bonchev–Trinajstić information content (AvgIpc) is 2.59. The van der Waals surface area contributed by atoms with Crippen molar-refractivity contribution < 1.29 is 15.0 Å². The number of hydrogen-bond donors (Lipinski definition) is 3. The molecule has 2 aromatic carbocycles. The standard InChI is InChI=1S/C20H20N2O3/c1-2-6-19(15-7-4-3-5-8-15)22-20(25)16(13-21)9-14-10-17(23)12-18(24)11-14/h3-5,7-12,19,23-24H,2,6H2,1H3,(H,22,25)/b16-9+/t19-/m0/s1. The maximum atomic E-state index is 12.5. The molecule has 0 heterocycles. The van der Waals surface area contributed by atoms with Gasteiger partial charge in [0.2, 0.25) is 0 Å². The van der Waals surface area contributed by atoms with Crippen molar-refractivity contribution in [2.75, 3.05) is 0 Å². The fraction of sp³-hybridized carbons (Fsp3) is 0.200. The van der Waals surface area contributed by atoms with Gasteiger partial charge in [0.25, 0.3) is 5.91 Å². The first-order valence-corrected chi connectivity index (χ1v) is 8.04. The van der Waals surface area contributed by atoms with Crippen LogP contribution in [0.25, 0.3) is 6.08 Å². The molecule has 0 fully saturated rings. The molecule has 0 saturated carbocycles. The van der Waals surface area contributed by atoms with Crippen molar-refractivity contribution in [1.82, 2.24) is 5.32 Å². The van der Waals surface area contributed by atoms with Gasteiger partial charge in [0.15, 0.2) is 0 Å². The highest BCUT2D eigenvalue weighted by molar-refractivity contribution is 6.01. The van der Waals surface area contributed by atoms with Crippen LogP contribution in [0.3, 0.4) is 0 Å². The van der Waals surface area contributed by atoms with Crippen molar-refractivity contribution in [2.45, 2.75) is 25.8 Å². The number of phenolic OH excluding ortho intramolecular Hbond substituents is 2. The zero-order valence-corrected chi connectivity index (χ0v) is 13.9. The number of nitrogens with one attached hydrogen (secondary N) is 1. The van der Waals surface area contributed by atoms with Crippen LogP contribution in [-0.4, -0.2) is 16.1 Å². The molecular weight excluding hydrogens is 316 g/mol. The largest absolute Gasteiger partial charge is 0.508 e. The summed E-state index contributed by atoms with van der Waals surface area (Å²) in [6.45, 7) is 2.03. The third-order valence-electron chi connectivity index (χ3n) is 3.69. The van der Waals surface area contributed by atoms with Gasteiger partial charge in [0.1, 0.15) is 23.1 Å². The lowest BCUT2D eigenvalue weighted by atomic mass is 10.0. The first-order chi connectivity index (χ1) is 12.0. The summed E-state index contributed by atoms with van der Waals surface area (Å²) < 4.78 is 0. The molecule has 2 aromatic rings. The van der Waals surface area contributed by atoms with Crippen LogP contribution in [0.1, 0.15) is 36.9 Å². The lowest BCUT2D eigenvalue weighted by molar-refractivity contribution is -0.117. The van der Waals surface area contributed by atoms with Gasteiger partial charge in [-0.3, -0.25) is 4.79 Å². The summed E-state index contributed by atoms with van der Waals surface area (Å²) >= 11 is 0. The van der Waals surface area contributed by atoms with E-state index in [1.54, 1.807) is 0 Å². The number of nitrogens with zero attached hydrogens (tertiary/aromatic N) is 1. The fourth-order valence-corrected chi connectivity index (χ4v) is 2.55. The highest BCUT2D eigenvalue weighted by atomic mass is 16.3. The molecule has 3 N–H and O–H groups in total. The van der Waals surface area contributed by atoms with Gasteiger partial charge >= 0.3 is 0 Å². The van der Waals surface area contributed by atoms with E-state index < -0.39 is 5.91 Å². The zero-order chi connectivity index (χ0) is 18.2. The van der Waals surface area contributed by atoms with E-state index in [0.29, 0.717) is 5.56 Å². The molecule has 0 aliphatic heterocycles. The Labute approximate surface area is 146 Å². The summed E-state index contributed by atoms with van der Waals surface area (Å²) in [5, 5.41) is 31.2. The third-order valence-corrected chi connectivity index (χ3v) is 3.69. The van der Waals surface area contributed by atoms with Crippen LogP contribution >= 0.6 is 0 Å². The Morgan fingerprint density at radius 3 is 2.40 bits per heavy atom. The normalized spacial score (nSPS) is 12.2. The smallest absolute Gasteiger partial charge is 0.262 e. The number of rotatable bonds is 6. The quantitative estimate of drug-likeness (QED) is 0.554. The Morgan fingerprint density at radius 2 is 1.84 bits per heavy atom. The number of hydrogen-bond acceptors (Lipinski definition) is 4. The van der Waals surface area contributed by atoms with Gasteiger partial charge in [0.05, 0.1) is 6.04 Å². The average molecular weight is 336 g/mol. The van der Waals surface area contributed by atoms with Gasteiger partial charge in [-0.25, -0.2) is 0 Å². The van der Waals surface area contributed by atoms with Gasteiger partial charge in [-0.1, -0.05) is 43.7 Å². The Bertz CT molecular complexity index is 787. The first kappa shape index (κ1) is 18.1. The van der Waals surface area contributed by atoms with Crippen LogP contribution in [0, 0.1) is 11.3 Å². The Morgan fingerprint density at radius 1 is 1.20 bits per heavy atom. The highest BCUT2D eigenvalue weighted by Crippen LogP contribution is 2.23. The Hall–Kier alpha value is -3.26. The summed E-state index contributed by atoms with van der Waals surface area (Å²) in [7, 11) is 0. The molecule has 0 aromatic heterocycles. The molecule has 2 rings (SSSR count). The number of carbonyl (C=O) groups is 1. The fourth-order valence-electron chi connectivity index (χ4n) is 2.55. The third kappa shape index (κ3) is 5.11. The van der Waals surface area contributed by atoms with Gasteiger partial charge in [0, 0.05) is 6.07 Å². The van der Waals surface area contributed by atoms with Crippen molar-refractivity contribution in [3.63, 3.8) is 0 Å². The maximum Gasteiger partial charge on any atom is 0.262 e. The maximum absolute atomic E-state index is 12.5. The second-order valence-corrected chi connectivity index (χ2v) is 5.68. The second-order valence-electron chi connectivity index (χ2n) is 5.68. The molecule has 0 radical (unpaired) electrons. The van der Waals surface area contributed by atoms with Crippen LogP contribution in [0.4, 0.5) is 0 Å². The molecule has 0 saturated heterocycles. The van der Waals surface area contributed by atoms with Gasteiger partial charge in [-0.05, 0) is 35.8 Å². The molecular formula is C20H20N2O3. The van der Waals surface area contributed by atoms with E-state index >= 15 is 0 Å². The number of aromatic hydroxyl groups is 2. The van der Waals surface area contributed by atoms with E-state index in [0.717, 1.165) is 18.4 Å². The second kappa shape index (κ2) is 8.55. The summed E-state index contributed by atoms with van der Waals surface area (Å²) in [6, 6.07) is 15.2. The van der Waals surface area contributed by atoms with E-state index in [4.69, 9.17) is 0 Å². The van der Waals surface area contributed by atoms with Crippen LogP contribution in [-0.2, 0) is 4.79 Å². The van der Waals surface area contributed by atoms with Crippen molar-refractivity contribution in [3.05, 3.63) is 65.2 Å². The summed E-state index contributed by atoms with van der Waals surface area (Å²) in [6.07, 6.45) is 2.97. The van der Waals surface area contributed by atoms with E-state index in [2.05, 4.69) is 5.32 Å². The molecule has 25 heavy (non-hydrogen) atoms. The number of amides is 1. The van der Waals surface area contributed by atoms with E-state index in [1.807, 2.05) is 43.3 Å². The van der Waals surface area contributed by atoms with Gasteiger partial charge in [-0.2, -0.15) is 5.26 Å². The monoisotopic (exact) mass is 336 g/mol. The Kier molecular flexibility index (Phi) is 6.19. The van der Waals surface area contributed by atoms with Crippen LogP contribution < -0.4 is 5.32 Å². The first-order valence-electron chi connectivity index (χ1n) is 8.04. The minimum absolute atomic E-state index is 0.0953. The molecule has 128 valence electrons. The van der Waals surface area contributed by atoms with Crippen LogP contribution in [0.15, 0.2) is 54.1 Å². The predicted octanol–water partition coefficient (Wildman–Crippen LogP) is 3.66. The highest BCUT2D eigenvalue weighted by Gasteiger charge is 2.17. The van der Waals surface area contributed by atoms with E-state index in [-0.39, 0.29) is 23.1 Å². The Balaban J connectivity index is 2.23. The molecule has 0 aliphatic rings. The summed E-state index contributed by atoms with van der Waals surface area (Å²) in [5.74, 6) is -0.776. The molecule has 0 spiro atoms. The number of benzene rings is 2. The lowest BCUT2D eigenvalue weighted by Gasteiger charge is -2.18. The van der Waals surface area contributed by atoms with E-state index in [1.165, 1.54) is 24.3 Å². The molecule has 0 aliphatic carbocycles. The summed E-state index contributed by atoms with van der Waals surface area (Å²) in [4.78, 5) is 12.5. The SMILES string of the molecule is CCC[C@H](NC(=O)/C(C#N)=C/c1cc(O)cc(O)c1)c1ccccc1. The lowest BCUT2D eigenvalue weighted by Crippen LogP contribution is -2.29. The van der Waals surface area contributed by atoms with Crippen molar-refractivity contribution in [3.8, 4) is 17.6 Å². The van der Waals surface area contributed by atoms with Crippen molar-refractivity contribution in [1.29, 1.82) is 5.26 Å². The molecule has 1 amide bonds. The number of carbonyl (C=O) groups excluding carboxylic acids is 1. The van der Waals surface area contributed by atoms with Crippen LogP contribution in [0.5, 0.6) is 11.5 Å². The predicted molar refractivity (Wildman–Crippen MR) is 95.6 cm³/mol. The molecule has 1 atom stereocenters. The number of nitriles is 1. The minimum atomic E-state index is -0.493. The van der Waals surface area contributed by atoms with Crippen molar-refractivity contribution >= 4 is 12.0 Å². The number of phenols is 2.